The summed E-state index contributed by atoms with van der Waals surface area (Å²) >= 11 is 0. The molecular weight excluding hydrogens is 334 g/mol. The van der Waals surface area contributed by atoms with Crippen LogP contribution in [0.25, 0.3) is 38.5 Å². The summed E-state index contributed by atoms with van der Waals surface area (Å²) < 4.78 is 1.89. The van der Waals surface area contributed by atoms with Crippen molar-refractivity contribution in [3.63, 3.8) is 0 Å². The number of benzene rings is 3. The fourth-order valence-electron chi connectivity index (χ4n) is 3.59. The van der Waals surface area contributed by atoms with Gasteiger partial charge in [0.05, 0.1) is 11.0 Å². The average Bonchev–Trinajstić information content (AvgIpc) is 2.69. The van der Waals surface area contributed by atoms with E-state index in [4.69, 9.17) is 9.97 Å². The van der Waals surface area contributed by atoms with Gasteiger partial charge in [-0.15, -0.1) is 0 Å². The van der Waals surface area contributed by atoms with E-state index in [2.05, 4.69) is 26.0 Å². The van der Waals surface area contributed by atoms with E-state index in [1.807, 2.05) is 59.4 Å². The van der Waals surface area contributed by atoms with Gasteiger partial charge in [0.1, 0.15) is 5.52 Å². The Hall–Kier alpha value is -3.53. The van der Waals surface area contributed by atoms with Crippen molar-refractivity contribution in [3.8, 4) is 11.4 Å². The summed E-state index contributed by atoms with van der Waals surface area (Å²) in [6, 6.07) is 17.7. The lowest BCUT2D eigenvalue weighted by Gasteiger charge is -2.10. The second-order valence-corrected chi connectivity index (χ2v) is 6.87. The number of pyridine rings is 1. The van der Waals surface area contributed by atoms with Crippen LogP contribution < -0.4 is 4.57 Å². The molecule has 4 heteroatoms. The average molecular weight is 352 g/mol. The number of aromatic hydroxyl groups is 1. The van der Waals surface area contributed by atoms with Crippen LogP contribution >= 0.6 is 0 Å². The molecule has 0 spiro atoms. The van der Waals surface area contributed by atoms with Crippen LogP contribution in [0.15, 0.2) is 67.0 Å². The molecule has 2 aromatic heterocycles. The molecule has 0 atom stereocenters. The first kappa shape index (κ1) is 15.7. The molecule has 0 aliphatic rings. The van der Waals surface area contributed by atoms with Crippen LogP contribution in [0.1, 0.15) is 11.1 Å². The van der Waals surface area contributed by atoms with E-state index in [1.54, 1.807) is 0 Å². The van der Waals surface area contributed by atoms with E-state index < -0.39 is 0 Å². The van der Waals surface area contributed by atoms with Crippen molar-refractivity contribution in [2.45, 2.75) is 13.8 Å². The van der Waals surface area contributed by atoms with Crippen molar-refractivity contribution in [1.82, 2.24) is 9.97 Å². The standard InChI is InChI=1S/C23H17N3O/c1-14-12-18-19(13-15(14)2)25-21-20(24-18)16-8-4-5-9-17(16)23(27)22(21)26-10-6-3-7-11-26/h3-13H,1-2H3/p+1. The lowest BCUT2D eigenvalue weighted by molar-refractivity contribution is -0.594. The largest absolute Gasteiger partial charge is 0.502 e. The molecule has 27 heavy (non-hydrogen) atoms. The highest BCUT2D eigenvalue weighted by molar-refractivity contribution is 6.12. The van der Waals surface area contributed by atoms with Crippen LogP contribution in [-0.2, 0) is 0 Å². The topological polar surface area (TPSA) is 49.9 Å². The van der Waals surface area contributed by atoms with Crippen molar-refractivity contribution < 1.29 is 9.67 Å². The molecule has 2 heterocycles. The van der Waals surface area contributed by atoms with Gasteiger partial charge in [-0.3, -0.25) is 0 Å². The quantitative estimate of drug-likeness (QED) is 0.274. The van der Waals surface area contributed by atoms with E-state index >= 15 is 0 Å². The predicted molar refractivity (Wildman–Crippen MR) is 107 cm³/mol. The van der Waals surface area contributed by atoms with Gasteiger partial charge in [0.25, 0.3) is 5.69 Å². The van der Waals surface area contributed by atoms with Gasteiger partial charge in [-0.1, -0.05) is 30.3 Å². The van der Waals surface area contributed by atoms with Crippen LogP contribution in [0.5, 0.6) is 5.75 Å². The fraction of sp³-hybridized carbons (Fsp3) is 0.0870. The molecular formula is C23H18N3O+. The third-order valence-corrected chi connectivity index (χ3v) is 5.14. The Morgan fingerprint density at radius 1 is 0.741 bits per heavy atom. The van der Waals surface area contributed by atoms with Crippen molar-refractivity contribution in [2.24, 2.45) is 0 Å². The maximum Gasteiger partial charge on any atom is 0.281 e. The molecule has 0 saturated carbocycles. The molecule has 4 nitrogen and oxygen atoms in total. The summed E-state index contributed by atoms with van der Waals surface area (Å²) in [5, 5.41) is 12.8. The van der Waals surface area contributed by atoms with Gasteiger partial charge >= 0.3 is 0 Å². The highest BCUT2D eigenvalue weighted by Gasteiger charge is 2.23. The molecule has 0 fully saturated rings. The van der Waals surface area contributed by atoms with Crippen LogP contribution in [0.4, 0.5) is 0 Å². The fourth-order valence-corrected chi connectivity index (χ4v) is 3.59. The van der Waals surface area contributed by atoms with E-state index in [-0.39, 0.29) is 5.75 Å². The van der Waals surface area contributed by atoms with Gasteiger partial charge in [0.15, 0.2) is 23.7 Å². The number of hydrogen-bond acceptors (Lipinski definition) is 3. The molecule has 3 aromatic carbocycles. The minimum Gasteiger partial charge on any atom is -0.502 e. The van der Waals surface area contributed by atoms with Crippen LogP contribution in [0.3, 0.4) is 0 Å². The van der Waals surface area contributed by atoms with Gasteiger partial charge in [-0.25, -0.2) is 9.97 Å². The van der Waals surface area contributed by atoms with Crippen LogP contribution in [0.2, 0.25) is 0 Å². The van der Waals surface area contributed by atoms with Crippen molar-refractivity contribution in [3.05, 3.63) is 78.1 Å². The first-order valence-corrected chi connectivity index (χ1v) is 8.92. The molecule has 0 bridgehead atoms. The maximum atomic E-state index is 11.1. The Morgan fingerprint density at radius 2 is 1.33 bits per heavy atom. The molecule has 5 aromatic rings. The Balaban J connectivity index is 2.04. The van der Waals surface area contributed by atoms with Gasteiger partial charge < -0.3 is 5.11 Å². The zero-order valence-electron chi connectivity index (χ0n) is 15.1. The molecule has 0 aliphatic heterocycles. The van der Waals surface area contributed by atoms with Gasteiger partial charge in [-0.2, -0.15) is 4.57 Å². The first-order chi connectivity index (χ1) is 13.1. The monoisotopic (exact) mass is 352 g/mol. The number of rotatable bonds is 1. The summed E-state index contributed by atoms with van der Waals surface area (Å²) in [6.45, 7) is 4.16. The minimum absolute atomic E-state index is 0.215. The third kappa shape index (κ3) is 2.34. The lowest BCUT2D eigenvalue weighted by atomic mass is 10.0. The molecule has 0 unspecified atom stereocenters. The lowest BCUT2D eigenvalue weighted by Crippen LogP contribution is -2.29. The SMILES string of the molecule is Cc1cc2nc3c(-[n+]4ccccc4)c(O)c4ccccc4c3nc2cc1C. The number of aryl methyl sites for hydroxylation is 2. The Bertz CT molecular complexity index is 1340. The number of phenols is 1. The summed E-state index contributed by atoms with van der Waals surface area (Å²) in [5.74, 6) is 0.215. The number of aromatic nitrogens is 3. The zero-order chi connectivity index (χ0) is 18.5. The normalized spacial score (nSPS) is 11.5. The highest BCUT2D eigenvalue weighted by atomic mass is 16.3. The van der Waals surface area contributed by atoms with E-state index in [0.717, 1.165) is 27.3 Å². The summed E-state index contributed by atoms with van der Waals surface area (Å²) in [4.78, 5) is 9.87. The first-order valence-electron chi connectivity index (χ1n) is 8.92. The highest BCUT2D eigenvalue weighted by Crippen LogP contribution is 2.36. The number of hydrogen-bond donors (Lipinski definition) is 1. The maximum absolute atomic E-state index is 11.1. The van der Waals surface area contributed by atoms with Crippen LogP contribution in [-0.4, -0.2) is 15.1 Å². The van der Waals surface area contributed by atoms with Crippen molar-refractivity contribution in [2.75, 3.05) is 0 Å². The molecule has 0 radical (unpaired) electrons. The van der Waals surface area contributed by atoms with Gasteiger partial charge in [0.2, 0.25) is 0 Å². The van der Waals surface area contributed by atoms with E-state index in [1.165, 1.54) is 11.1 Å². The molecule has 0 aliphatic carbocycles. The molecule has 0 amide bonds. The number of fused-ring (bicyclic) bond motifs is 4. The molecule has 130 valence electrons. The van der Waals surface area contributed by atoms with E-state index in [0.29, 0.717) is 11.2 Å². The minimum atomic E-state index is 0.215. The summed E-state index contributed by atoms with van der Waals surface area (Å²) in [6.07, 6.45) is 3.82. The second kappa shape index (κ2) is 5.74. The Labute approximate surface area is 156 Å². The van der Waals surface area contributed by atoms with Gasteiger partial charge in [0, 0.05) is 22.9 Å². The van der Waals surface area contributed by atoms with Gasteiger partial charge in [-0.05, 0) is 37.1 Å². The Morgan fingerprint density at radius 3 is 2.00 bits per heavy atom. The number of phenolic OH excluding ortho intramolecular Hbond substituents is 1. The third-order valence-electron chi connectivity index (χ3n) is 5.14. The van der Waals surface area contributed by atoms with Crippen molar-refractivity contribution >= 4 is 32.8 Å². The number of nitrogens with zero attached hydrogens (tertiary/aromatic N) is 3. The van der Waals surface area contributed by atoms with E-state index in [9.17, 15) is 5.11 Å². The smallest absolute Gasteiger partial charge is 0.281 e. The van der Waals surface area contributed by atoms with Crippen molar-refractivity contribution in [1.29, 1.82) is 0 Å². The van der Waals surface area contributed by atoms with Crippen LogP contribution in [0, 0.1) is 13.8 Å². The Kier molecular flexibility index (Phi) is 3.34. The zero-order valence-corrected chi connectivity index (χ0v) is 15.1. The molecule has 0 saturated heterocycles. The second-order valence-electron chi connectivity index (χ2n) is 6.87. The molecule has 5 rings (SSSR count). The summed E-state index contributed by atoms with van der Waals surface area (Å²) in [7, 11) is 0. The summed E-state index contributed by atoms with van der Waals surface area (Å²) in [5.41, 5.74) is 6.20. The predicted octanol–water partition coefficient (Wildman–Crippen LogP) is 4.54. The molecule has 1 N–H and O–H groups in total.